The van der Waals surface area contributed by atoms with Crippen molar-refractivity contribution in [2.45, 2.75) is 13.3 Å². The number of H-pyrrole nitrogens is 1. The van der Waals surface area contributed by atoms with Gasteiger partial charge in [-0.2, -0.15) is 5.10 Å². The molecule has 1 aromatic rings. The molecular formula is C7H13N3. The van der Waals surface area contributed by atoms with Crippen LogP contribution in [0, 0.1) is 0 Å². The Kier molecular flexibility index (Phi) is 2.96. The molecule has 0 saturated heterocycles. The number of likely N-dealkylation sites (N-methyl/N-ethyl adjacent to an activating group) is 1. The molecule has 0 aliphatic heterocycles. The summed E-state index contributed by atoms with van der Waals surface area (Å²) in [5.41, 5.74) is 1.20. The highest BCUT2D eigenvalue weighted by Gasteiger charge is 1.90. The van der Waals surface area contributed by atoms with Crippen LogP contribution >= 0.6 is 0 Å². The molecule has 3 heteroatoms. The average molecular weight is 139 g/mol. The number of hydrogen-bond donors (Lipinski definition) is 2. The fourth-order valence-electron chi connectivity index (χ4n) is 0.824. The van der Waals surface area contributed by atoms with Crippen molar-refractivity contribution in [3.05, 3.63) is 18.0 Å². The number of nitrogens with zero attached hydrogens (tertiary/aromatic N) is 1. The van der Waals surface area contributed by atoms with Crippen LogP contribution in [-0.2, 0) is 6.42 Å². The van der Waals surface area contributed by atoms with Gasteiger partial charge in [0.05, 0.1) is 0 Å². The van der Waals surface area contributed by atoms with Gasteiger partial charge in [0.1, 0.15) is 0 Å². The van der Waals surface area contributed by atoms with E-state index in [9.17, 15) is 0 Å². The van der Waals surface area contributed by atoms with Gasteiger partial charge in [-0.25, -0.2) is 0 Å². The fraction of sp³-hybridized carbons (Fsp3) is 0.571. The monoisotopic (exact) mass is 139 g/mol. The van der Waals surface area contributed by atoms with Crippen LogP contribution in [0.2, 0.25) is 0 Å². The molecule has 2 N–H and O–H groups in total. The topological polar surface area (TPSA) is 40.7 Å². The Morgan fingerprint density at radius 1 is 1.70 bits per heavy atom. The van der Waals surface area contributed by atoms with E-state index in [1.807, 2.05) is 6.07 Å². The molecule has 56 valence electrons. The van der Waals surface area contributed by atoms with Gasteiger partial charge in [0, 0.05) is 24.9 Å². The van der Waals surface area contributed by atoms with E-state index in [4.69, 9.17) is 0 Å². The summed E-state index contributed by atoms with van der Waals surface area (Å²) in [6.07, 6.45) is 2.81. The standard InChI is InChI=1S/C7H13N3/c1-2-8-5-3-7-4-6-9-10-7/h4,6,8H,2-3,5H2,1H3,(H,9,10). The van der Waals surface area contributed by atoms with Crippen molar-refractivity contribution in [2.24, 2.45) is 0 Å². The third kappa shape index (κ3) is 2.19. The summed E-state index contributed by atoms with van der Waals surface area (Å²) < 4.78 is 0. The first-order valence-electron chi connectivity index (χ1n) is 3.62. The lowest BCUT2D eigenvalue weighted by Crippen LogP contribution is -2.16. The third-order valence-electron chi connectivity index (χ3n) is 1.38. The Morgan fingerprint density at radius 2 is 2.60 bits per heavy atom. The summed E-state index contributed by atoms with van der Waals surface area (Å²) in [6.45, 7) is 4.17. The molecule has 0 aromatic carbocycles. The van der Waals surface area contributed by atoms with Crippen molar-refractivity contribution < 1.29 is 0 Å². The van der Waals surface area contributed by atoms with Gasteiger partial charge in [-0.3, -0.25) is 5.10 Å². The number of hydrogen-bond acceptors (Lipinski definition) is 2. The maximum Gasteiger partial charge on any atom is 0.0490 e. The number of aromatic amines is 1. The lowest BCUT2D eigenvalue weighted by molar-refractivity contribution is 0.706. The first kappa shape index (κ1) is 7.28. The van der Waals surface area contributed by atoms with E-state index in [-0.39, 0.29) is 0 Å². The van der Waals surface area contributed by atoms with Gasteiger partial charge in [-0.05, 0) is 12.6 Å². The predicted molar refractivity (Wildman–Crippen MR) is 40.8 cm³/mol. The maximum atomic E-state index is 3.85. The zero-order valence-corrected chi connectivity index (χ0v) is 6.22. The van der Waals surface area contributed by atoms with Crippen molar-refractivity contribution >= 4 is 0 Å². The van der Waals surface area contributed by atoms with Crippen LogP contribution in [0.1, 0.15) is 12.6 Å². The Bertz CT molecular complexity index is 157. The SMILES string of the molecule is CCNCCc1ccn[nH]1. The molecule has 0 aliphatic rings. The second-order valence-corrected chi connectivity index (χ2v) is 2.19. The van der Waals surface area contributed by atoms with Gasteiger partial charge in [0.25, 0.3) is 0 Å². The van der Waals surface area contributed by atoms with Gasteiger partial charge in [-0.1, -0.05) is 6.92 Å². The van der Waals surface area contributed by atoms with Crippen LogP contribution in [0.15, 0.2) is 12.3 Å². The Hall–Kier alpha value is -0.830. The third-order valence-corrected chi connectivity index (χ3v) is 1.38. The first-order valence-corrected chi connectivity index (χ1v) is 3.62. The largest absolute Gasteiger partial charge is 0.317 e. The molecule has 10 heavy (non-hydrogen) atoms. The molecule has 0 amide bonds. The van der Waals surface area contributed by atoms with Crippen LogP contribution in [0.3, 0.4) is 0 Å². The normalized spacial score (nSPS) is 10.1. The summed E-state index contributed by atoms with van der Waals surface area (Å²) in [6, 6.07) is 2.00. The zero-order chi connectivity index (χ0) is 7.23. The van der Waals surface area contributed by atoms with Crippen LogP contribution in [0.25, 0.3) is 0 Å². The average Bonchev–Trinajstić information content (AvgIpc) is 2.41. The molecule has 0 unspecified atom stereocenters. The van der Waals surface area contributed by atoms with Crippen molar-refractivity contribution in [2.75, 3.05) is 13.1 Å². The van der Waals surface area contributed by atoms with Gasteiger partial charge < -0.3 is 5.32 Å². The van der Waals surface area contributed by atoms with Crippen LogP contribution in [-0.4, -0.2) is 23.3 Å². The van der Waals surface area contributed by atoms with Crippen LogP contribution in [0.4, 0.5) is 0 Å². The highest BCUT2D eigenvalue weighted by Crippen LogP contribution is 1.90. The first-order chi connectivity index (χ1) is 4.93. The molecule has 0 aliphatic carbocycles. The molecule has 0 saturated carbocycles. The maximum absolute atomic E-state index is 3.85. The molecule has 1 heterocycles. The summed E-state index contributed by atoms with van der Waals surface area (Å²) >= 11 is 0. The quantitative estimate of drug-likeness (QED) is 0.598. The predicted octanol–water partition coefficient (Wildman–Crippen LogP) is 0.562. The molecule has 0 atom stereocenters. The lowest BCUT2D eigenvalue weighted by Gasteiger charge is -1.96. The molecule has 0 bridgehead atoms. The molecular weight excluding hydrogens is 126 g/mol. The van der Waals surface area contributed by atoms with E-state index in [1.165, 1.54) is 5.69 Å². The summed E-state index contributed by atoms with van der Waals surface area (Å²) in [4.78, 5) is 0. The second kappa shape index (κ2) is 4.06. The summed E-state index contributed by atoms with van der Waals surface area (Å²) in [5, 5.41) is 9.99. The Morgan fingerprint density at radius 3 is 3.20 bits per heavy atom. The smallest absolute Gasteiger partial charge is 0.0490 e. The molecule has 0 spiro atoms. The Labute approximate surface area is 60.8 Å². The van der Waals surface area contributed by atoms with E-state index in [0.717, 1.165) is 19.5 Å². The van der Waals surface area contributed by atoms with E-state index >= 15 is 0 Å². The minimum atomic E-state index is 1.03. The summed E-state index contributed by atoms with van der Waals surface area (Å²) in [5.74, 6) is 0. The van der Waals surface area contributed by atoms with E-state index < -0.39 is 0 Å². The highest BCUT2D eigenvalue weighted by atomic mass is 15.1. The molecule has 3 nitrogen and oxygen atoms in total. The lowest BCUT2D eigenvalue weighted by atomic mass is 10.3. The van der Waals surface area contributed by atoms with Crippen molar-refractivity contribution in [1.82, 2.24) is 15.5 Å². The molecule has 1 aromatic heterocycles. The van der Waals surface area contributed by atoms with E-state index in [2.05, 4.69) is 22.4 Å². The van der Waals surface area contributed by atoms with Gasteiger partial charge in [-0.15, -0.1) is 0 Å². The zero-order valence-electron chi connectivity index (χ0n) is 6.22. The minimum absolute atomic E-state index is 1.03. The second-order valence-electron chi connectivity index (χ2n) is 2.19. The van der Waals surface area contributed by atoms with Crippen molar-refractivity contribution in [1.29, 1.82) is 0 Å². The molecule has 0 radical (unpaired) electrons. The number of nitrogens with one attached hydrogen (secondary N) is 2. The fourth-order valence-corrected chi connectivity index (χ4v) is 0.824. The minimum Gasteiger partial charge on any atom is -0.317 e. The number of aromatic nitrogens is 2. The Balaban J connectivity index is 2.15. The number of rotatable bonds is 4. The van der Waals surface area contributed by atoms with Crippen molar-refractivity contribution in [3.8, 4) is 0 Å². The van der Waals surface area contributed by atoms with E-state index in [0.29, 0.717) is 0 Å². The van der Waals surface area contributed by atoms with Crippen molar-refractivity contribution in [3.63, 3.8) is 0 Å². The van der Waals surface area contributed by atoms with Gasteiger partial charge in [0.2, 0.25) is 0 Å². The van der Waals surface area contributed by atoms with Crippen LogP contribution < -0.4 is 5.32 Å². The van der Waals surface area contributed by atoms with E-state index in [1.54, 1.807) is 6.20 Å². The highest BCUT2D eigenvalue weighted by molar-refractivity contribution is 4.97. The molecule has 0 fully saturated rings. The van der Waals surface area contributed by atoms with Crippen LogP contribution in [0.5, 0.6) is 0 Å². The summed E-state index contributed by atoms with van der Waals surface area (Å²) in [7, 11) is 0. The van der Waals surface area contributed by atoms with Gasteiger partial charge >= 0.3 is 0 Å². The van der Waals surface area contributed by atoms with Gasteiger partial charge in [0.15, 0.2) is 0 Å². The molecule has 1 rings (SSSR count).